The number of carbonyl (C=O) groups excluding carboxylic acids is 1. The number of benzene rings is 1. The molecule has 9 heteroatoms. The van der Waals surface area contributed by atoms with Crippen LogP contribution in [0.15, 0.2) is 34.2 Å². The highest BCUT2D eigenvalue weighted by Gasteiger charge is 2.32. The molecule has 0 aliphatic carbocycles. The molecule has 1 aromatic rings. The van der Waals surface area contributed by atoms with E-state index in [1.54, 1.807) is 24.3 Å². The van der Waals surface area contributed by atoms with Crippen LogP contribution in [0.25, 0.3) is 0 Å². The third-order valence-corrected chi connectivity index (χ3v) is 6.36. The zero-order valence-electron chi connectivity index (χ0n) is 16.3. The molecule has 1 saturated heterocycles. The number of sulfonamides is 1. The summed E-state index contributed by atoms with van der Waals surface area (Å²) >= 11 is 0. The quantitative estimate of drug-likeness (QED) is 0.615. The molecule has 0 radical (unpaired) electrons. The van der Waals surface area contributed by atoms with Crippen LogP contribution in [0, 0.1) is 11.8 Å². The first-order chi connectivity index (χ1) is 12.9. The number of carbonyl (C=O) groups is 1. The molecule has 2 atom stereocenters. The van der Waals surface area contributed by atoms with Crippen LogP contribution in [0.5, 0.6) is 0 Å². The maximum absolute atomic E-state index is 12.7. The molecular formula is C19H29ClN4O3S. The van der Waals surface area contributed by atoms with E-state index < -0.39 is 16.1 Å². The van der Waals surface area contributed by atoms with Crippen molar-refractivity contribution in [3.8, 4) is 0 Å². The van der Waals surface area contributed by atoms with E-state index in [-0.39, 0.29) is 35.0 Å². The Labute approximate surface area is 173 Å². The molecule has 2 unspecified atom stereocenters. The zero-order chi connectivity index (χ0) is 19.4. The highest BCUT2D eigenvalue weighted by Crippen LogP contribution is 2.23. The molecule has 1 fully saturated rings. The second-order valence-electron chi connectivity index (χ2n) is 7.66. The first-order valence-electron chi connectivity index (χ1n) is 9.55. The summed E-state index contributed by atoms with van der Waals surface area (Å²) in [7, 11) is -3.60. The van der Waals surface area contributed by atoms with E-state index in [1.807, 2.05) is 13.8 Å². The van der Waals surface area contributed by atoms with Crippen molar-refractivity contribution in [2.45, 2.75) is 44.0 Å². The lowest BCUT2D eigenvalue weighted by atomic mass is 10.0. The molecule has 2 aliphatic heterocycles. The molecule has 3 N–H and O–H groups in total. The number of aliphatic imine (C=N–C) groups is 1. The Morgan fingerprint density at radius 1 is 1.32 bits per heavy atom. The highest BCUT2D eigenvalue weighted by atomic mass is 35.5. The Balaban J connectivity index is 0.00000280. The molecule has 0 spiro atoms. The predicted octanol–water partition coefficient (Wildman–Crippen LogP) is 1.68. The molecule has 7 nitrogen and oxygen atoms in total. The number of fused-ring (bicyclic) bond motifs is 1. The first-order valence-corrected chi connectivity index (χ1v) is 11.0. The van der Waals surface area contributed by atoms with Gasteiger partial charge in [-0.05, 0) is 56.3 Å². The second-order valence-corrected chi connectivity index (χ2v) is 9.31. The van der Waals surface area contributed by atoms with Gasteiger partial charge in [0.25, 0.3) is 10.0 Å². The fourth-order valence-corrected chi connectivity index (χ4v) is 4.77. The van der Waals surface area contributed by atoms with Crippen molar-refractivity contribution in [2.24, 2.45) is 16.8 Å². The molecule has 0 aromatic heterocycles. The smallest absolute Gasteiger partial charge is 0.263 e. The van der Waals surface area contributed by atoms with Crippen molar-refractivity contribution < 1.29 is 13.2 Å². The van der Waals surface area contributed by atoms with Crippen LogP contribution in [0.1, 0.15) is 38.7 Å². The normalized spacial score (nSPS) is 22.4. The van der Waals surface area contributed by atoms with Gasteiger partial charge in [-0.1, -0.05) is 26.0 Å². The number of hydrogen-bond donors (Lipinski definition) is 3. The lowest BCUT2D eigenvalue weighted by Gasteiger charge is -2.17. The SMILES string of the molecule is CC(C)CC(N=C1NS(=O)(=O)c2ccccc21)C(=O)NCCC1CCNC1.Cl. The number of hydrogen-bond acceptors (Lipinski definition) is 5. The Kier molecular flexibility index (Phi) is 7.86. The number of halogens is 1. The number of nitrogens with one attached hydrogen (secondary N) is 3. The number of amidine groups is 1. The van der Waals surface area contributed by atoms with Gasteiger partial charge in [-0.2, -0.15) is 0 Å². The zero-order valence-corrected chi connectivity index (χ0v) is 17.9. The second kappa shape index (κ2) is 9.71. The first kappa shape index (κ1) is 22.6. The van der Waals surface area contributed by atoms with Crippen LogP contribution in [-0.4, -0.2) is 45.8 Å². The molecule has 3 rings (SSSR count). The summed E-state index contributed by atoms with van der Waals surface area (Å²) in [5, 5.41) is 6.31. The van der Waals surface area contributed by atoms with Crippen molar-refractivity contribution in [1.82, 2.24) is 15.4 Å². The van der Waals surface area contributed by atoms with E-state index in [1.165, 1.54) is 0 Å². The Hall–Kier alpha value is -1.64. The van der Waals surface area contributed by atoms with E-state index in [0.717, 1.165) is 25.9 Å². The summed E-state index contributed by atoms with van der Waals surface area (Å²) in [6.07, 6.45) is 2.65. The van der Waals surface area contributed by atoms with Crippen LogP contribution in [-0.2, 0) is 14.8 Å². The third-order valence-electron chi connectivity index (χ3n) is 4.96. The van der Waals surface area contributed by atoms with Crippen LogP contribution < -0.4 is 15.4 Å². The minimum atomic E-state index is -3.60. The Morgan fingerprint density at radius 3 is 2.75 bits per heavy atom. The van der Waals surface area contributed by atoms with Gasteiger partial charge in [-0.3, -0.25) is 14.5 Å². The van der Waals surface area contributed by atoms with Crippen molar-refractivity contribution in [2.75, 3.05) is 19.6 Å². The monoisotopic (exact) mass is 428 g/mol. The molecule has 28 heavy (non-hydrogen) atoms. The van der Waals surface area contributed by atoms with Gasteiger partial charge >= 0.3 is 0 Å². The highest BCUT2D eigenvalue weighted by molar-refractivity contribution is 7.90. The topological polar surface area (TPSA) is 99.7 Å². The van der Waals surface area contributed by atoms with Crippen LogP contribution >= 0.6 is 12.4 Å². The van der Waals surface area contributed by atoms with Gasteiger partial charge in [-0.25, -0.2) is 8.42 Å². The largest absolute Gasteiger partial charge is 0.354 e. The molecule has 0 bridgehead atoms. The van der Waals surface area contributed by atoms with Crippen molar-refractivity contribution >= 4 is 34.2 Å². The summed E-state index contributed by atoms with van der Waals surface area (Å²) < 4.78 is 27.0. The van der Waals surface area contributed by atoms with E-state index >= 15 is 0 Å². The summed E-state index contributed by atoms with van der Waals surface area (Å²) in [6.45, 7) is 6.72. The van der Waals surface area contributed by atoms with E-state index in [2.05, 4.69) is 20.3 Å². The maximum atomic E-state index is 12.7. The number of rotatable bonds is 7. The summed E-state index contributed by atoms with van der Waals surface area (Å²) in [5.41, 5.74) is 0.524. The fourth-order valence-electron chi connectivity index (χ4n) is 3.53. The summed E-state index contributed by atoms with van der Waals surface area (Å²) in [6, 6.07) is 6.09. The maximum Gasteiger partial charge on any atom is 0.263 e. The van der Waals surface area contributed by atoms with E-state index in [4.69, 9.17) is 0 Å². The van der Waals surface area contributed by atoms with Crippen molar-refractivity contribution in [1.29, 1.82) is 0 Å². The minimum absolute atomic E-state index is 0. The molecular weight excluding hydrogens is 400 g/mol. The number of amides is 1. The van der Waals surface area contributed by atoms with Gasteiger partial charge in [-0.15, -0.1) is 12.4 Å². The Bertz CT molecular complexity index is 820. The summed E-state index contributed by atoms with van der Waals surface area (Å²) in [5.74, 6) is 0.975. The average molecular weight is 429 g/mol. The average Bonchev–Trinajstić information content (AvgIpc) is 3.21. The molecule has 2 aliphatic rings. The molecule has 1 aromatic carbocycles. The van der Waals surface area contributed by atoms with Gasteiger partial charge in [0.2, 0.25) is 5.91 Å². The van der Waals surface area contributed by atoms with Gasteiger partial charge < -0.3 is 10.6 Å². The van der Waals surface area contributed by atoms with Gasteiger partial charge in [0, 0.05) is 12.1 Å². The predicted molar refractivity (Wildman–Crippen MR) is 112 cm³/mol. The molecule has 2 heterocycles. The van der Waals surface area contributed by atoms with Gasteiger partial charge in [0.1, 0.15) is 11.9 Å². The van der Waals surface area contributed by atoms with Crippen LogP contribution in [0.3, 0.4) is 0 Å². The number of nitrogens with zero attached hydrogens (tertiary/aromatic N) is 1. The van der Waals surface area contributed by atoms with Crippen molar-refractivity contribution in [3.63, 3.8) is 0 Å². The Morgan fingerprint density at radius 2 is 2.07 bits per heavy atom. The lowest BCUT2D eigenvalue weighted by molar-refractivity contribution is -0.122. The van der Waals surface area contributed by atoms with Gasteiger partial charge in [0.05, 0.1) is 4.90 Å². The standard InChI is InChI=1S/C19H28N4O3S.ClH/c1-13(2)11-16(19(24)21-10-8-14-7-9-20-12-14)22-18-15-5-3-4-6-17(15)27(25,26)23-18;/h3-6,13-14,16,20H,7-12H2,1-2H3,(H,21,24)(H,22,23);1H. The van der Waals surface area contributed by atoms with E-state index in [0.29, 0.717) is 24.4 Å². The lowest BCUT2D eigenvalue weighted by Crippen LogP contribution is -2.37. The van der Waals surface area contributed by atoms with Gasteiger partial charge in [0.15, 0.2) is 0 Å². The molecule has 1 amide bonds. The minimum Gasteiger partial charge on any atom is -0.354 e. The molecule has 156 valence electrons. The third kappa shape index (κ3) is 5.46. The summed E-state index contributed by atoms with van der Waals surface area (Å²) in [4.78, 5) is 17.4. The molecule has 0 saturated carbocycles. The van der Waals surface area contributed by atoms with Crippen molar-refractivity contribution in [3.05, 3.63) is 29.8 Å². The van der Waals surface area contributed by atoms with E-state index in [9.17, 15) is 13.2 Å². The van der Waals surface area contributed by atoms with Crippen LogP contribution in [0.4, 0.5) is 0 Å². The fraction of sp³-hybridized carbons (Fsp3) is 0.579. The van der Waals surface area contributed by atoms with Crippen LogP contribution in [0.2, 0.25) is 0 Å².